The van der Waals surface area contributed by atoms with Gasteiger partial charge in [-0.1, -0.05) is 23.2 Å². The molecule has 21 heavy (non-hydrogen) atoms. The van der Waals surface area contributed by atoms with Gasteiger partial charge in [0.15, 0.2) is 0 Å². The quantitative estimate of drug-likeness (QED) is 0.924. The number of carbonyl (C=O) groups is 1. The lowest BCUT2D eigenvalue weighted by Gasteiger charge is -2.34. The van der Waals surface area contributed by atoms with Gasteiger partial charge in [-0.05, 0) is 19.1 Å². The van der Waals surface area contributed by atoms with Crippen LogP contribution < -0.4 is 0 Å². The van der Waals surface area contributed by atoms with Gasteiger partial charge < -0.3 is 14.7 Å². The second-order valence-corrected chi connectivity index (χ2v) is 5.70. The fourth-order valence-corrected chi connectivity index (χ4v) is 2.82. The number of nitrogens with zero attached hydrogens (tertiary/aromatic N) is 2. The van der Waals surface area contributed by atoms with Crippen molar-refractivity contribution in [2.45, 2.75) is 13.5 Å². The zero-order valence-electron chi connectivity index (χ0n) is 11.8. The molecule has 2 rings (SSSR count). The molecule has 0 aliphatic carbocycles. The van der Waals surface area contributed by atoms with Gasteiger partial charge in [0, 0.05) is 43.3 Å². The Morgan fingerprint density at radius 3 is 2.57 bits per heavy atom. The van der Waals surface area contributed by atoms with Crippen molar-refractivity contribution in [3.8, 4) is 5.75 Å². The number of rotatable bonds is 3. The molecule has 116 valence electrons. The summed E-state index contributed by atoms with van der Waals surface area (Å²) in [5.74, 6) is 0.0638. The highest BCUT2D eigenvalue weighted by Gasteiger charge is 2.22. The number of hydrogen-bond donors (Lipinski definition) is 1. The van der Waals surface area contributed by atoms with E-state index in [2.05, 4.69) is 4.90 Å². The first-order valence-electron chi connectivity index (χ1n) is 6.82. The molecule has 1 amide bonds. The molecular formula is C14H18Cl2N2O3. The number of phenolic OH excluding ortho intramolecular Hbond substituents is 1. The van der Waals surface area contributed by atoms with Crippen LogP contribution in [0.15, 0.2) is 12.1 Å². The summed E-state index contributed by atoms with van der Waals surface area (Å²) in [5.41, 5.74) is 0.692. The van der Waals surface area contributed by atoms with Gasteiger partial charge in [-0.2, -0.15) is 0 Å². The van der Waals surface area contributed by atoms with Crippen LogP contribution in [0.5, 0.6) is 5.75 Å². The lowest BCUT2D eigenvalue weighted by molar-refractivity contribution is 0.0776. The van der Waals surface area contributed by atoms with E-state index in [0.29, 0.717) is 49.9 Å². The smallest absolute Gasteiger partial charge is 0.409 e. The van der Waals surface area contributed by atoms with E-state index >= 15 is 0 Å². The Bertz CT molecular complexity index is 517. The fourth-order valence-electron chi connectivity index (χ4n) is 2.28. The summed E-state index contributed by atoms with van der Waals surface area (Å²) >= 11 is 11.9. The number of aromatic hydroxyl groups is 1. The highest BCUT2D eigenvalue weighted by atomic mass is 35.5. The maximum atomic E-state index is 11.6. The summed E-state index contributed by atoms with van der Waals surface area (Å²) in [4.78, 5) is 15.4. The summed E-state index contributed by atoms with van der Waals surface area (Å²) in [6, 6.07) is 3.22. The molecule has 1 fully saturated rings. The zero-order chi connectivity index (χ0) is 15.4. The van der Waals surface area contributed by atoms with Crippen molar-refractivity contribution >= 4 is 29.3 Å². The summed E-state index contributed by atoms with van der Waals surface area (Å²) in [6.45, 7) is 5.35. The van der Waals surface area contributed by atoms with E-state index in [1.807, 2.05) is 0 Å². The Balaban J connectivity index is 1.93. The molecule has 0 atom stereocenters. The number of halogens is 2. The largest absolute Gasteiger partial charge is 0.506 e. The number of carbonyl (C=O) groups excluding carboxylic acids is 1. The SMILES string of the molecule is CCOC(=O)N1CCN(Cc2cc(Cl)cc(Cl)c2O)CC1. The summed E-state index contributed by atoms with van der Waals surface area (Å²) < 4.78 is 4.98. The van der Waals surface area contributed by atoms with Gasteiger partial charge in [-0.3, -0.25) is 4.90 Å². The summed E-state index contributed by atoms with van der Waals surface area (Å²) in [7, 11) is 0. The molecule has 1 aliphatic rings. The molecule has 0 unspecified atom stereocenters. The highest BCUT2D eigenvalue weighted by molar-refractivity contribution is 6.35. The third kappa shape index (κ3) is 4.15. The molecule has 0 saturated carbocycles. The maximum absolute atomic E-state index is 11.6. The fraction of sp³-hybridized carbons (Fsp3) is 0.500. The van der Waals surface area contributed by atoms with E-state index in [4.69, 9.17) is 27.9 Å². The molecule has 1 heterocycles. The first kappa shape index (κ1) is 16.2. The Kier molecular flexibility index (Phi) is 5.56. The summed E-state index contributed by atoms with van der Waals surface area (Å²) in [6.07, 6.45) is -0.272. The van der Waals surface area contributed by atoms with Gasteiger partial charge in [0.2, 0.25) is 0 Å². The molecule has 1 aromatic carbocycles. The number of ether oxygens (including phenoxy) is 1. The Morgan fingerprint density at radius 2 is 1.95 bits per heavy atom. The van der Waals surface area contributed by atoms with Crippen LogP contribution in [-0.2, 0) is 11.3 Å². The molecule has 1 aromatic rings. The topological polar surface area (TPSA) is 53.0 Å². The average molecular weight is 333 g/mol. The summed E-state index contributed by atoms with van der Waals surface area (Å²) in [5, 5.41) is 10.7. The van der Waals surface area contributed by atoms with Crippen molar-refractivity contribution in [1.82, 2.24) is 9.80 Å². The van der Waals surface area contributed by atoms with E-state index in [1.165, 1.54) is 6.07 Å². The van der Waals surface area contributed by atoms with Crippen molar-refractivity contribution in [2.75, 3.05) is 32.8 Å². The van der Waals surface area contributed by atoms with Gasteiger partial charge in [0.25, 0.3) is 0 Å². The van der Waals surface area contributed by atoms with Gasteiger partial charge in [0.05, 0.1) is 11.6 Å². The molecular weight excluding hydrogens is 315 g/mol. The third-order valence-electron chi connectivity index (χ3n) is 3.40. The van der Waals surface area contributed by atoms with Crippen molar-refractivity contribution in [3.05, 3.63) is 27.7 Å². The van der Waals surface area contributed by atoms with Crippen LogP contribution >= 0.6 is 23.2 Å². The minimum absolute atomic E-state index is 0.0638. The Hall–Kier alpha value is -1.17. The van der Waals surface area contributed by atoms with Crippen LogP contribution in [-0.4, -0.2) is 53.8 Å². The Labute approximate surface area is 134 Å². The predicted octanol–water partition coefficient (Wildman–Crippen LogP) is 2.97. The molecule has 1 aliphatic heterocycles. The van der Waals surface area contributed by atoms with Crippen molar-refractivity contribution < 1.29 is 14.6 Å². The standard InChI is InChI=1S/C14H18Cl2N2O3/c1-2-21-14(20)18-5-3-17(4-6-18)9-10-7-11(15)8-12(16)13(10)19/h7-8,19H,2-6,9H2,1H3. The van der Waals surface area contributed by atoms with Crippen molar-refractivity contribution in [2.24, 2.45) is 0 Å². The van der Waals surface area contributed by atoms with Gasteiger partial charge in [0.1, 0.15) is 5.75 Å². The van der Waals surface area contributed by atoms with E-state index in [9.17, 15) is 9.90 Å². The molecule has 0 spiro atoms. The van der Waals surface area contributed by atoms with Crippen molar-refractivity contribution in [3.63, 3.8) is 0 Å². The number of benzene rings is 1. The minimum atomic E-state index is -0.272. The van der Waals surface area contributed by atoms with E-state index in [-0.39, 0.29) is 16.9 Å². The normalized spacial score (nSPS) is 16.0. The lowest BCUT2D eigenvalue weighted by atomic mass is 10.1. The van der Waals surface area contributed by atoms with Crippen LogP contribution in [0.1, 0.15) is 12.5 Å². The second kappa shape index (κ2) is 7.20. The highest BCUT2D eigenvalue weighted by Crippen LogP contribution is 2.32. The minimum Gasteiger partial charge on any atom is -0.506 e. The number of phenols is 1. The van der Waals surface area contributed by atoms with Crippen LogP contribution in [0.3, 0.4) is 0 Å². The molecule has 1 N–H and O–H groups in total. The van der Waals surface area contributed by atoms with Crippen LogP contribution in [0, 0.1) is 0 Å². The molecule has 5 nitrogen and oxygen atoms in total. The number of piperazine rings is 1. The van der Waals surface area contributed by atoms with Crippen LogP contribution in [0.25, 0.3) is 0 Å². The average Bonchev–Trinajstić information content (AvgIpc) is 2.45. The Morgan fingerprint density at radius 1 is 1.29 bits per heavy atom. The first-order chi connectivity index (χ1) is 10.0. The third-order valence-corrected chi connectivity index (χ3v) is 3.91. The predicted molar refractivity (Wildman–Crippen MR) is 82.0 cm³/mol. The van der Waals surface area contributed by atoms with Crippen LogP contribution in [0.2, 0.25) is 10.0 Å². The zero-order valence-corrected chi connectivity index (χ0v) is 13.3. The molecule has 1 saturated heterocycles. The van der Waals surface area contributed by atoms with Crippen molar-refractivity contribution in [1.29, 1.82) is 0 Å². The van der Waals surface area contributed by atoms with E-state index in [1.54, 1.807) is 17.9 Å². The van der Waals surface area contributed by atoms with Gasteiger partial charge >= 0.3 is 6.09 Å². The molecule has 0 bridgehead atoms. The first-order valence-corrected chi connectivity index (χ1v) is 7.57. The second-order valence-electron chi connectivity index (χ2n) is 4.86. The van der Waals surface area contributed by atoms with E-state index < -0.39 is 0 Å². The van der Waals surface area contributed by atoms with E-state index in [0.717, 1.165) is 0 Å². The monoisotopic (exact) mass is 332 g/mol. The molecule has 0 aromatic heterocycles. The van der Waals surface area contributed by atoms with Gasteiger partial charge in [-0.15, -0.1) is 0 Å². The number of hydrogen-bond acceptors (Lipinski definition) is 4. The van der Waals surface area contributed by atoms with Gasteiger partial charge in [-0.25, -0.2) is 4.79 Å². The molecule has 7 heteroatoms. The number of amides is 1. The van der Waals surface area contributed by atoms with Crippen LogP contribution in [0.4, 0.5) is 4.79 Å². The maximum Gasteiger partial charge on any atom is 0.409 e. The lowest BCUT2D eigenvalue weighted by Crippen LogP contribution is -2.48. The molecule has 0 radical (unpaired) electrons.